The number of nitrogens with zero attached hydrogens (tertiary/aromatic N) is 4. The number of benzene rings is 14. The zero-order chi connectivity index (χ0) is 56.6. The van der Waals surface area contributed by atoms with Crippen molar-refractivity contribution in [2.24, 2.45) is 0 Å². The van der Waals surface area contributed by atoms with Gasteiger partial charge in [-0.2, -0.15) is 0 Å². The van der Waals surface area contributed by atoms with Crippen molar-refractivity contribution < 1.29 is 0 Å². The normalized spacial score (nSPS) is 14.4. The van der Waals surface area contributed by atoms with Crippen molar-refractivity contribution in [3.8, 4) is 22.3 Å². The van der Waals surface area contributed by atoms with E-state index in [1.165, 1.54) is 144 Å². The predicted octanol–water partition coefficient (Wildman–Crippen LogP) is 16.5. The predicted molar refractivity (Wildman–Crippen MR) is 366 cm³/mol. The van der Waals surface area contributed by atoms with Gasteiger partial charge in [-0.3, -0.25) is 0 Å². The summed E-state index contributed by atoms with van der Waals surface area (Å²) in [5.74, 6) is 0. The fraction of sp³-hybridized carbons (Fsp3) is 0.0123. The third-order valence-corrected chi connectivity index (χ3v) is 20.1. The third kappa shape index (κ3) is 6.23. The van der Waals surface area contributed by atoms with Gasteiger partial charge in [-0.25, -0.2) is 0 Å². The molecule has 20 rings (SSSR count). The molecule has 2 aliphatic carbocycles. The second kappa shape index (κ2) is 17.5. The molecule has 0 fully saturated rings. The topological polar surface area (TPSA) is 13.0 Å². The van der Waals surface area contributed by atoms with Crippen molar-refractivity contribution in [3.05, 3.63) is 326 Å². The molecule has 0 saturated carbocycles. The van der Waals surface area contributed by atoms with Gasteiger partial charge in [-0.05, 0) is 196 Å². The fourth-order valence-electron chi connectivity index (χ4n) is 16.8. The molecule has 6 heteroatoms. The summed E-state index contributed by atoms with van der Waals surface area (Å²) in [6.07, 6.45) is 0. The van der Waals surface area contributed by atoms with E-state index in [1.54, 1.807) is 0 Å². The first kappa shape index (κ1) is 47.3. The monoisotopic (exact) mass is 1100 g/mol. The number of hydrogen-bond donors (Lipinski definition) is 0. The molecule has 400 valence electrons. The Morgan fingerprint density at radius 2 is 0.540 bits per heavy atom. The van der Waals surface area contributed by atoms with Crippen molar-refractivity contribution >= 4 is 136 Å². The molecule has 0 bridgehead atoms. The van der Waals surface area contributed by atoms with E-state index in [2.05, 4.69) is 323 Å². The number of hydrogen-bond acceptors (Lipinski definition) is 4. The standard InChI is InChI=1S/C81H50B2N4/c1-3-25-55(26-4-1)84-71-35-17-15-33-67(71)82-69-45-51-21-7-9-23-53(51)47-77(69)86(75-39-19-37-73(84)79(75)82)57-41-43-61-59-29-11-13-31-63(59)81(65(61)49-57)64-32-14-12-30-60(64)62-44-42-58(50-66(62)81)87-76-40-20-38-74-80(76)83(70-46-52-22-8-10-24-54(52)48-78(70)87)68-34-16-18-36-72(68)85(74)56-27-5-2-6-28-56/h1-50H. The van der Waals surface area contributed by atoms with Gasteiger partial charge in [-0.1, -0.05) is 206 Å². The maximum absolute atomic E-state index is 2.60. The van der Waals surface area contributed by atoms with Crippen LogP contribution in [0, 0.1) is 0 Å². The van der Waals surface area contributed by atoms with Gasteiger partial charge in [0, 0.05) is 68.2 Å². The van der Waals surface area contributed by atoms with Gasteiger partial charge < -0.3 is 19.6 Å². The second-order valence-corrected chi connectivity index (χ2v) is 24.2. The lowest BCUT2D eigenvalue weighted by atomic mass is 9.33. The molecule has 4 aliphatic heterocycles. The highest BCUT2D eigenvalue weighted by Crippen LogP contribution is 2.64. The van der Waals surface area contributed by atoms with Gasteiger partial charge in [0.05, 0.1) is 5.41 Å². The van der Waals surface area contributed by atoms with Gasteiger partial charge >= 0.3 is 0 Å². The second-order valence-electron chi connectivity index (χ2n) is 24.2. The Kier molecular flexibility index (Phi) is 9.52. The van der Waals surface area contributed by atoms with Crippen LogP contribution in [-0.4, -0.2) is 13.4 Å². The average molecular weight is 1100 g/mol. The van der Waals surface area contributed by atoms with Gasteiger partial charge in [0.2, 0.25) is 0 Å². The highest BCUT2D eigenvalue weighted by molar-refractivity contribution is 7.01. The van der Waals surface area contributed by atoms with E-state index in [9.17, 15) is 0 Å². The highest BCUT2D eigenvalue weighted by Gasteiger charge is 2.53. The fourth-order valence-corrected chi connectivity index (χ4v) is 16.8. The molecule has 14 aromatic rings. The van der Waals surface area contributed by atoms with Crippen molar-refractivity contribution in [1.29, 1.82) is 0 Å². The summed E-state index contributed by atoms with van der Waals surface area (Å²) in [5, 5.41) is 4.94. The van der Waals surface area contributed by atoms with Crippen molar-refractivity contribution in [2.75, 3.05) is 19.6 Å². The molecule has 14 aromatic carbocycles. The summed E-state index contributed by atoms with van der Waals surface area (Å²) in [4.78, 5) is 10.2. The molecular weight excluding hydrogens is 1050 g/mol. The third-order valence-electron chi connectivity index (χ3n) is 20.1. The molecule has 0 radical (unpaired) electrons. The lowest BCUT2D eigenvalue weighted by molar-refractivity contribution is 0.793. The molecule has 4 nitrogen and oxygen atoms in total. The summed E-state index contributed by atoms with van der Waals surface area (Å²) in [6, 6.07) is 115. The van der Waals surface area contributed by atoms with Crippen LogP contribution in [0.4, 0.5) is 68.2 Å². The van der Waals surface area contributed by atoms with E-state index in [0.717, 1.165) is 22.7 Å². The number of anilines is 12. The van der Waals surface area contributed by atoms with Gasteiger partial charge in [0.1, 0.15) is 0 Å². The molecule has 1 spiro atoms. The smallest absolute Gasteiger partial charge is 0.252 e. The molecule has 0 amide bonds. The minimum absolute atomic E-state index is 0.0137. The lowest BCUT2D eigenvalue weighted by Gasteiger charge is -2.44. The van der Waals surface area contributed by atoms with E-state index >= 15 is 0 Å². The first-order valence-corrected chi connectivity index (χ1v) is 30.5. The molecule has 87 heavy (non-hydrogen) atoms. The van der Waals surface area contributed by atoms with Crippen LogP contribution in [0.5, 0.6) is 0 Å². The maximum atomic E-state index is 2.60. The minimum atomic E-state index is -0.655. The molecular formula is C81H50B2N4. The number of rotatable bonds is 4. The summed E-state index contributed by atoms with van der Waals surface area (Å²) >= 11 is 0. The SMILES string of the molecule is c1ccc(N2c3ccccc3B3c4cc5ccccc5cc4N(c4ccc5c(c4)C4(c6ccccc6-5)c5ccccc5-c5ccc(N6c7cc8ccccc8cc7B7c8ccccc8N(c8ccccc8)c8cccc6c87)cc54)c4cccc2c43)cc1. The van der Waals surface area contributed by atoms with Crippen LogP contribution >= 0.6 is 0 Å². The molecule has 4 heterocycles. The Labute approximate surface area is 505 Å². The highest BCUT2D eigenvalue weighted by atomic mass is 15.2. The van der Waals surface area contributed by atoms with Crippen LogP contribution in [0.2, 0.25) is 0 Å². The summed E-state index contributed by atoms with van der Waals surface area (Å²) < 4.78 is 0. The zero-order valence-electron chi connectivity index (χ0n) is 47.3. The lowest BCUT2D eigenvalue weighted by Crippen LogP contribution is -2.61. The Bertz CT molecular complexity index is 4980. The average Bonchev–Trinajstić information content (AvgIpc) is 1.64. The van der Waals surface area contributed by atoms with E-state index in [-0.39, 0.29) is 13.4 Å². The number of fused-ring (bicyclic) bond motifs is 20. The van der Waals surface area contributed by atoms with Crippen molar-refractivity contribution in [3.63, 3.8) is 0 Å². The van der Waals surface area contributed by atoms with Crippen molar-refractivity contribution in [1.82, 2.24) is 0 Å². The Morgan fingerprint density at radius 3 is 0.977 bits per heavy atom. The maximum Gasteiger partial charge on any atom is 0.252 e. The van der Waals surface area contributed by atoms with Crippen LogP contribution in [0.25, 0.3) is 43.8 Å². The van der Waals surface area contributed by atoms with E-state index in [0.29, 0.717) is 0 Å². The molecule has 0 atom stereocenters. The molecule has 6 aliphatic rings. The van der Waals surface area contributed by atoms with Crippen LogP contribution in [0.3, 0.4) is 0 Å². The quantitative estimate of drug-likeness (QED) is 0.163. The van der Waals surface area contributed by atoms with Gasteiger partial charge in [-0.15, -0.1) is 0 Å². The molecule has 0 aromatic heterocycles. The largest absolute Gasteiger partial charge is 0.311 e. The van der Waals surface area contributed by atoms with E-state index < -0.39 is 5.41 Å². The van der Waals surface area contributed by atoms with Crippen LogP contribution in [-0.2, 0) is 5.41 Å². The molecule has 0 N–H and O–H groups in total. The van der Waals surface area contributed by atoms with E-state index in [1.807, 2.05) is 0 Å². The Morgan fingerprint density at radius 1 is 0.207 bits per heavy atom. The molecule has 0 unspecified atom stereocenters. The Balaban J connectivity index is 0.834. The summed E-state index contributed by atoms with van der Waals surface area (Å²) in [6.45, 7) is 0.0274. The summed E-state index contributed by atoms with van der Waals surface area (Å²) in [7, 11) is 0. The van der Waals surface area contributed by atoms with Gasteiger partial charge in [0.25, 0.3) is 13.4 Å². The minimum Gasteiger partial charge on any atom is -0.311 e. The number of para-hydroxylation sites is 4. The van der Waals surface area contributed by atoms with Gasteiger partial charge in [0.15, 0.2) is 0 Å². The van der Waals surface area contributed by atoms with Crippen LogP contribution < -0.4 is 52.4 Å². The first-order valence-electron chi connectivity index (χ1n) is 30.5. The zero-order valence-corrected chi connectivity index (χ0v) is 47.3. The molecule has 0 saturated heterocycles. The van der Waals surface area contributed by atoms with E-state index in [4.69, 9.17) is 0 Å². The van der Waals surface area contributed by atoms with Crippen molar-refractivity contribution in [2.45, 2.75) is 5.41 Å². The first-order chi connectivity index (χ1) is 43.2. The Hall–Kier alpha value is -11.1. The van der Waals surface area contributed by atoms with Crippen LogP contribution in [0.15, 0.2) is 303 Å². The summed E-state index contributed by atoms with van der Waals surface area (Å²) in [5.41, 5.74) is 31.8. The van der Waals surface area contributed by atoms with Crippen LogP contribution in [0.1, 0.15) is 22.3 Å².